The van der Waals surface area contributed by atoms with Crippen LogP contribution in [0.1, 0.15) is 17.9 Å². The van der Waals surface area contributed by atoms with Crippen LogP contribution in [0, 0.1) is 0 Å². The SMILES string of the molecule is O=C(C[C@H](c1c[nH]c2ccccc12)C(F)(F)F)OCC(Cl)(Cl)Cl. The molecule has 0 fully saturated rings. The number of hydrogen-bond donors (Lipinski definition) is 1. The molecule has 0 aliphatic heterocycles. The number of ether oxygens (including phenoxy) is 1. The van der Waals surface area contributed by atoms with E-state index in [4.69, 9.17) is 34.8 Å². The van der Waals surface area contributed by atoms with Crippen molar-refractivity contribution < 1.29 is 22.7 Å². The molecule has 1 N–H and O–H groups in total. The summed E-state index contributed by atoms with van der Waals surface area (Å²) in [5, 5.41) is 0.393. The molecule has 0 aliphatic carbocycles. The summed E-state index contributed by atoms with van der Waals surface area (Å²) >= 11 is 16.2. The number of nitrogens with one attached hydrogen (secondary N) is 1. The number of alkyl halides is 6. The average molecular weight is 389 g/mol. The van der Waals surface area contributed by atoms with Gasteiger partial charge in [0.25, 0.3) is 0 Å². The summed E-state index contributed by atoms with van der Waals surface area (Å²) in [6.07, 6.45) is -4.28. The molecule has 0 saturated heterocycles. The lowest BCUT2D eigenvalue weighted by molar-refractivity contribution is -0.166. The quantitative estimate of drug-likeness (QED) is 0.584. The van der Waals surface area contributed by atoms with E-state index in [1.807, 2.05) is 0 Å². The third-order valence-corrected chi connectivity index (χ3v) is 3.49. The molecule has 0 aliphatic rings. The summed E-state index contributed by atoms with van der Waals surface area (Å²) in [6, 6.07) is 6.51. The maximum atomic E-state index is 13.3. The highest BCUT2D eigenvalue weighted by Crippen LogP contribution is 2.40. The van der Waals surface area contributed by atoms with Crippen molar-refractivity contribution in [3.05, 3.63) is 36.0 Å². The lowest BCUT2D eigenvalue weighted by atomic mass is 9.94. The minimum atomic E-state index is -4.62. The van der Waals surface area contributed by atoms with Crippen molar-refractivity contribution in [1.82, 2.24) is 4.98 Å². The maximum absolute atomic E-state index is 13.3. The van der Waals surface area contributed by atoms with Crippen molar-refractivity contribution in [2.45, 2.75) is 22.3 Å². The zero-order valence-corrected chi connectivity index (χ0v) is 13.7. The molecule has 0 radical (unpaired) electrons. The molecule has 0 unspecified atom stereocenters. The Morgan fingerprint density at radius 3 is 2.48 bits per heavy atom. The maximum Gasteiger partial charge on any atom is 0.396 e. The molecule has 0 spiro atoms. The third-order valence-electron chi connectivity index (χ3n) is 3.16. The van der Waals surface area contributed by atoms with Crippen LogP contribution in [0.4, 0.5) is 13.2 Å². The Balaban J connectivity index is 2.23. The van der Waals surface area contributed by atoms with Gasteiger partial charge in [-0.1, -0.05) is 53.0 Å². The smallest absolute Gasteiger partial charge is 0.396 e. The predicted molar refractivity (Wildman–Crippen MR) is 83.0 cm³/mol. The fourth-order valence-corrected chi connectivity index (χ4v) is 2.34. The molecule has 126 valence electrons. The van der Waals surface area contributed by atoms with Gasteiger partial charge in [-0.2, -0.15) is 13.2 Å². The number of esters is 1. The number of para-hydroxylation sites is 1. The topological polar surface area (TPSA) is 42.1 Å². The van der Waals surface area contributed by atoms with Crippen molar-refractivity contribution in [2.75, 3.05) is 6.61 Å². The molecule has 1 aromatic carbocycles. The first-order valence-electron chi connectivity index (χ1n) is 6.43. The van der Waals surface area contributed by atoms with Gasteiger partial charge in [0.2, 0.25) is 3.79 Å². The van der Waals surface area contributed by atoms with E-state index in [1.54, 1.807) is 24.3 Å². The zero-order valence-electron chi connectivity index (χ0n) is 11.5. The number of rotatable bonds is 4. The van der Waals surface area contributed by atoms with E-state index >= 15 is 0 Å². The first kappa shape index (κ1) is 18.2. The first-order valence-corrected chi connectivity index (χ1v) is 7.56. The summed E-state index contributed by atoms with van der Waals surface area (Å²) in [4.78, 5) is 14.4. The van der Waals surface area contributed by atoms with Crippen LogP contribution in [0.5, 0.6) is 0 Å². The highest BCUT2D eigenvalue weighted by molar-refractivity contribution is 6.67. The Labute approximate surface area is 144 Å². The second kappa shape index (κ2) is 6.79. The monoisotopic (exact) mass is 387 g/mol. The molecular weight excluding hydrogens is 378 g/mol. The van der Waals surface area contributed by atoms with Gasteiger partial charge in [0.15, 0.2) is 0 Å². The lowest BCUT2D eigenvalue weighted by Gasteiger charge is -2.20. The molecule has 0 amide bonds. The second-order valence-corrected chi connectivity index (χ2v) is 7.38. The summed E-state index contributed by atoms with van der Waals surface area (Å²) in [6.45, 7) is -0.616. The van der Waals surface area contributed by atoms with Crippen molar-refractivity contribution in [3.8, 4) is 0 Å². The van der Waals surface area contributed by atoms with E-state index in [0.29, 0.717) is 10.9 Å². The van der Waals surface area contributed by atoms with E-state index in [1.165, 1.54) is 6.20 Å². The fraction of sp³-hybridized carbons (Fsp3) is 0.357. The van der Waals surface area contributed by atoms with Gasteiger partial charge in [-0.15, -0.1) is 0 Å². The molecule has 9 heteroatoms. The molecule has 23 heavy (non-hydrogen) atoms. The van der Waals surface area contributed by atoms with Crippen LogP contribution in [0.15, 0.2) is 30.5 Å². The molecular formula is C14H11Cl3F3NO2. The van der Waals surface area contributed by atoms with Crippen LogP contribution >= 0.6 is 34.8 Å². The number of fused-ring (bicyclic) bond motifs is 1. The van der Waals surface area contributed by atoms with Gasteiger partial charge in [0.05, 0.1) is 12.3 Å². The molecule has 3 nitrogen and oxygen atoms in total. The standard InChI is InChI=1S/C14H11Cl3F3NO2/c15-13(16,17)7-23-12(22)5-10(14(18,19)20)9-6-21-11-4-2-1-3-8(9)11/h1-4,6,10,21H,5,7H2/t10-/m1/s1. The largest absolute Gasteiger partial charge is 0.461 e. The lowest BCUT2D eigenvalue weighted by Crippen LogP contribution is -2.26. The van der Waals surface area contributed by atoms with Gasteiger partial charge in [-0.3, -0.25) is 4.79 Å². The van der Waals surface area contributed by atoms with Gasteiger partial charge >= 0.3 is 12.1 Å². The van der Waals surface area contributed by atoms with Crippen molar-refractivity contribution in [2.24, 2.45) is 0 Å². The normalized spacial score (nSPS) is 14.0. The number of carbonyl (C=O) groups excluding carboxylic acids is 1. The minimum absolute atomic E-state index is 0.0288. The summed E-state index contributed by atoms with van der Waals surface area (Å²) < 4.78 is 42.8. The summed E-state index contributed by atoms with van der Waals surface area (Å²) in [5.74, 6) is -3.11. The number of halogens is 6. The van der Waals surface area contributed by atoms with Crippen molar-refractivity contribution >= 4 is 51.7 Å². The molecule has 0 bridgehead atoms. The number of benzene rings is 1. The van der Waals surface area contributed by atoms with E-state index in [-0.39, 0.29) is 5.56 Å². The average Bonchev–Trinajstić information content (AvgIpc) is 2.84. The Bertz CT molecular complexity index is 694. The van der Waals surface area contributed by atoms with Crippen LogP contribution in [0.25, 0.3) is 10.9 Å². The van der Waals surface area contributed by atoms with E-state index in [2.05, 4.69) is 9.72 Å². The Hall–Kier alpha value is -1.11. The molecule has 1 atom stereocenters. The van der Waals surface area contributed by atoms with Crippen LogP contribution in [-0.2, 0) is 9.53 Å². The highest BCUT2D eigenvalue weighted by atomic mass is 35.6. The summed E-state index contributed by atoms with van der Waals surface area (Å²) in [5.41, 5.74) is 0.519. The highest BCUT2D eigenvalue weighted by Gasteiger charge is 2.43. The number of H-pyrrole nitrogens is 1. The van der Waals surface area contributed by atoms with Gasteiger partial charge < -0.3 is 9.72 Å². The van der Waals surface area contributed by atoms with Gasteiger partial charge in [0.1, 0.15) is 6.61 Å². The van der Waals surface area contributed by atoms with E-state index in [0.717, 1.165) is 0 Å². The van der Waals surface area contributed by atoms with Gasteiger partial charge in [0, 0.05) is 17.1 Å². The third kappa shape index (κ3) is 4.93. The number of aromatic nitrogens is 1. The molecule has 0 saturated carbocycles. The minimum Gasteiger partial charge on any atom is -0.461 e. The van der Waals surface area contributed by atoms with E-state index in [9.17, 15) is 18.0 Å². The number of aromatic amines is 1. The van der Waals surface area contributed by atoms with Crippen LogP contribution in [0.3, 0.4) is 0 Å². The van der Waals surface area contributed by atoms with E-state index < -0.39 is 34.9 Å². The van der Waals surface area contributed by atoms with Crippen molar-refractivity contribution in [1.29, 1.82) is 0 Å². The predicted octanol–water partition coefficient (Wildman–Crippen LogP) is 5.12. The van der Waals surface area contributed by atoms with Crippen LogP contribution in [0.2, 0.25) is 0 Å². The second-order valence-electron chi connectivity index (χ2n) is 4.86. The summed E-state index contributed by atoms with van der Waals surface area (Å²) in [7, 11) is 0. The first-order chi connectivity index (χ1) is 10.6. The van der Waals surface area contributed by atoms with Gasteiger partial charge in [-0.25, -0.2) is 0 Å². The molecule has 2 rings (SSSR count). The number of hydrogen-bond acceptors (Lipinski definition) is 2. The zero-order chi connectivity index (χ0) is 17.3. The van der Waals surface area contributed by atoms with Crippen LogP contribution < -0.4 is 0 Å². The Kier molecular flexibility index (Phi) is 5.38. The molecule has 1 aromatic heterocycles. The molecule has 1 heterocycles. The number of carbonyl (C=O) groups is 1. The fourth-order valence-electron chi connectivity index (χ4n) is 2.17. The Morgan fingerprint density at radius 2 is 1.87 bits per heavy atom. The molecule has 2 aromatic rings. The van der Waals surface area contributed by atoms with Crippen LogP contribution in [-0.4, -0.2) is 27.5 Å². The Morgan fingerprint density at radius 1 is 1.22 bits per heavy atom. The van der Waals surface area contributed by atoms with Gasteiger partial charge in [-0.05, 0) is 11.6 Å². The van der Waals surface area contributed by atoms with Crippen molar-refractivity contribution in [3.63, 3.8) is 0 Å².